The Hall–Kier alpha value is -1.39. The van der Waals surface area contributed by atoms with Crippen molar-refractivity contribution in [3.8, 4) is 0 Å². The van der Waals surface area contributed by atoms with E-state index < -0.39 is 0 Å². The van der Waals surface area contributed by atoms with Crippen molar-refractivity contribution >= 4 is 33.0 Å². The molecule has 1 aromatic heterocycles. The van der Waals surface area contributed by atoms with E-state index in [1.807, 2.05) is 36.6 Å². The lowest BCUT2D eigenvalue weighted by molar-refractivity contribution is -0.120. The summed E-state index contributed by atoms with van der Waals surface area (Å²) < 4.78 is 6.25. The Kier molecular flexibility index (Phi) is 3.54. The molecule has 0 unspecified atom stereocenters. The highest BCUT2D eigenvalue weighted by Crippen LogP contribution is 2.23. The van der Waals surface area contributed by atoms with E-state index in [-0.39, 0.29) is 12.5 Å². The smallest absolute Gasteiger partial charge is 0.250 e. The standard InChI is InChI=1S/C12H13NO2S/c1-2-15-8-12(14)13-10-3-4-11-9(7-10)5-6-16-11/h3-7H,2,8H2,1H3,(H,13,14). The number of ether oxygens (including phenoxy) is 1. The van der Waals surface area contributed by atoms with Gasteiger partial charge in [-0.3, -0.25) is 4.79 Å². The van der Waals surface area contributed by atoms with Gasteiger partial charge in [-0.25, -0.2) is 0 Å². The molecule has 0 radical (unpaired) electrons. The lowest BCUT2D eigenvalue weighted by Crippen LogP contribution is -2.18. The van der Waals surface area contributed by atoms with Crippen molar-refractivity contribution in [2.75, 3.05) is 18.5 Å². The molecule has 0 saturated heterocycles. The second-order valence-electron chi connectivity index (χ2n) is 3.36. The first-order valence-corrected chi connectivity index (χ1v) is 6.02. The van der Waals surface area contributed by atoms with Crippen LogP contribution in [-0.2, 0) is 9.53 Å². The Balaban J connectivity index is 2.06. The monoisotopic (exact) mass is 235 g/mol. The zero-order chi connectivity index (χ0) is 11.4. The molecule has 0 spiro atoms. The van der Waals surface area contributed by atoms with E-state index in [4.69, 9.17) is 4.74 Å². The van der Waals surface area contributed by atoms with Crippen LogP contribution in [0.1, 0.15) is 6.92 Å². The Morgan fingerprint density at radius 3 is 3.12 bits per heavy atom. The first-order chi connectivity index (χ1) is 7.79. The Bertz CT molecular complexity index is 492. The van der Waals surface area contributed by atoms with E-state index in [9.17, 15) is 4.79 Å². The molecule has 1 aromatic carbocycles. The Labute approximate surface area is 98.0 Å². The molecule has 1 amide bonds. The third kappa shape index (κ3) is 2.59. The highest BCUT2D eigenvalue weighted by atomic mass is 32.1. The fourth-order valence-electron chi connectivity index (χ4n) is 1.44. The van der Waals surface area contributed by atoms with Gasteiger partial charge in [-0.2, -0.15) is 0 Å². The highest BCUT2D eigenvalue weighted by molar-refractivity contribution is 7.17. The lowest BCUT2D eigenvalue weighted by atomic mass is 10.2. The third-order valence-electron chi connectivity index (χ3n) is 2.17. The number of thiophene rings is 1. The zero-order valence-electron chi connectivity index (χ0n) is 9.03. The molecule has 2 rings (SSSR count). The van der Waals surface area contributed by atoms with Crippen LogP contribution in [0.15, 0.2) is 29.6 Å². The molecule has 0 aliphatic carbocycles. The molecule has 0 atom stereocenters. The van der Waals surface area contributed by atoms with Crippen LogP contribution in [0.4, 0.5) is 5.69 Å². The van der Waals surface area contributed by atoms with Crippen molar-refractivity contribution in [1.29, 1.82) is 0 Å². The van der Waals surface area contributed by atoms with Gasteiger partial charge in [0.25, 0.3) is 0 Å². The molecule has 2 aromatic rings. The van der Waals surface area contributed by atoms with Crippen molar-refractivity contribution in [2.45, 2.75) is 6.92 Å². The maximum Gasteiger partial charge on any atom is 0.250 e. The SMILES string of the molecule is CCOCC(=O)Nc1ccc2sccc2c1. The van der Waals surface area contributed by atoms with Gasteiger partial charge in [0.15, 0.2) is 0 Å². The van der Waals surface area contributed by atoms with Crippen LogP contribution in [0.5, 0.6) is 0 Å². The quantitative estimate of drug-likeness (QED) is 0.885. The van der Waals surface area contributed by atoms with Crippen LogP contribution >= 0.6 is 11.3 Å². The van der Waals surface area contributed by atoms with Gasteiger partial charge in [-0.05, 0) is 42.0 Å². The molecular formula is C12H13NO2S. The normalized spacial score (nSPS) is 10.6. The third-order valence-corrected chi connectivity index (χ3v) is 3.07. The average Bonchev–Trinajstić information content (AvgIpc) is 2.73. The summed E-state index contributed by atoms with van der Waals surface area (Å²) in [6.07, 6.45) is 0. The van der Waals surface area contributed by atoms with Crippen LogP contribution in [-0.4, -0.2) is 19.1 Å². The van der Waals surface area contributed by atoms with E-state index in [0.717, 1.165) is 11.1 Å². The minimum atomic E-state index is -0.114. The first-order valence-electron chi connectivity index (χ1n) is 5.14. The van der Waals surface area contributed by atoms with E-state index >= 15 is 0 Å². The minimum Gasteiger partial charge on any atom is -0.372 e. The summed E-state index contributed by atoms with van der Waals surface area (Å²) in [5.74, 6) is -0.114. The summed E-state index contributed by atoms with van der Waals surface area (Å²) >= 11 is 1.69. The number of fused-ring (bicyclic) bond motifs is 1. The molecule has 0 fully saturated rings. The summed E-state index contributed by atoms with van der Waals surface area (Å²) in [6, 6.07) is 7.92. The first kappa shape index (κ1) is 11.1. The van der Waals surface area contributed by atoms with E-state index in [2.05, 4.69) is 5.32 Å². The van der Waals surface area contributed by atoms with Gasteiger partial charge < -0.3 is 10.1 Å². The number of amides is 1. The number of carbonyl (C=O) groups excluding carboxylic acids is 1. The molecule has 0 aliphatic heterocycles. The highest BCUT2D eigenvalue weighted by Gasteiger charge is 2.02. The molecule has 3 nitrogen and oxygen atoms in total. The van der Waals surface area contributed by atoms with E-state index in [1.165, 1.54) is 4.70 Å². The fraction of sp³-hybridized carbons (Fsp3) is 0.250. The van der Waals surface area contributed by atoms with Crippen LogP contribution in [0, 0.1) is 0 Å². The Morgan fingerprint density at radius 2 is 2.31 bits per heavy atom. The van der Waals surface area contributed by atoms with Crippen molar-refractivity contribution < 1.29 is 9.53 Å². The second-order valence-corrected chi connectivity index (χ2v) is 4.31. The number of benzene rings is 1. The molecule has 84 valence electrons. The Morgan fingerprint density at radius 1 is 1.44 bits per heavy atom. The second kappa shape index (κ2) is 5.09. The lowest BCUT2D eigenvalue weighted by Gasteiger charge is -2.05. The van der Waals surface area contributed by atoms with Crippen molar-refractivity contribution in [2.24, 2.45) is 0 Å². The van der Waals surface area contributed by atoms with E-state index in [1.54, 1.807) is 11.3 Å². The summed E-state index contributed by atoms with van der Waals surface area (Å²) in [7, 11) is 0. The predicted molar refractivity (Wildman–Crippen MR) is 66.9 cm³/mol. The van der Waals surface area contributed by atoms with Gasteiger partial charge >= 0.3 is 0 Å². The number of hydrogen-bond donors (Lipinski definition) is 1. The molecule has 1 heterocycles. The van der Waals surface area contributed by atoms with Gasteiger partial charge in [-0.1, -0.05) is 0 Å². The van der Waals surface area contributed by atoms with E-state index in [0.29, 0.717) is 6.61 Å². The molecule has 16 heavy (non-hydrogen) atoms. The zero-order valence-corrected chi connectivity index (χ0v) is 9.84. The van der Waals surface area contributed by atoms with Gasteiger partial charge in [0.1, 0.15) is 6.61 Å². The van der Waals surface area contributed by atoms with Crippen LogP contribution in [0.3, 0.4) is 0 Å². The molecule has 0 bridgehead atoms. The van der Waals surface area contributed by atoms with Gasteiger partial charge in [-0.15, -0.1) is 11.3 Å². The maximum atomic E-state index is 11.4. The topological polar surface area (TPSA) is 38.3 Å². The molecule has 1 N–H and O–H groups in total. The fourth-order valence-corrected chi connectivity index (χ4v) is 2.21. The molecule has 4 heteroatoms. The number of rotatable bonds is 4. The van der Waals surface area contributed by atoms with Gasteiger partial charge in [0.2, 0.25) is 5.91 Å². The molecule has 0 saturated carbocycles. The van der Waals surface area contributed by atoms with Crippen LogP contribution < -0.4 is 5.32 Å². The largest absolute Gasteiger partial charge is 0.372 e. The van der Waals surface area contributed by atoms with Gasteiger partial charge in [0.05, 0.1) is 0 Å². The number of carbonyl (C=O) groups is 1. The van der Waals surface area contributed by atoms with Crippen LogP contribution in [0.2, 0.25) is 0 Å². The van der Waals surface area contributed by atoms with Crippen molar-refractivity contribution in [3.05, 3.63) is 29.6 Å². The summed E-state index contributed by atoms with van der Waals surface area (Å²) in [6.45, 7) is 2.53. The summed E-state index contributed by atoms with van der Waals surface area (Å²) in [5.41, 5.74) is 0.815. The summed E-state index contributed by atoms with van der Waals surface area (Å²) in [4.78, 5) is 11.4. The van der Waals surface area contributed by atoms with Gasteiger partial charge in [0, 0.05) is 17.0 Å². The predicted octanol–water partition coefficient (Wildman–Crippen LogP) is 2.88. The van der Waals surface area contributed by atoms with Crippen molar-refractivity contribution in [3.63, 3.8) is 0 Å². The van der Waals surface area contributed by atoms with Crippen LogP contribution in [0.25, 0.3) is 10.1 Å². The molecular weight excluding hydrogens is 222 g/mol. The summed E-state index contributed by atoms with van der Waals surface area (Å²) in [5, 5.41) is 5.99. The maximum absolute atomic E-state index is 11.4. The molecule has 0 aliphatic rings. The minimum absolute atomic E-state index is 0.109. The average molecular weight is 235 g/mol. The number of nitrogens with one attached hydrogen (secondary N) is 1. The van der Waals surface area contributed by atoms with Crippen molar-refractivity contribution in [1.82, 2.24) is 0 Å². The number of hydrogen-bond acceptors (Lipinski definition) is 3. The number of anilines is 1.